The maximum Gasteiger partial charge on any atom is 0.324 e. The Labute approximate surface area is 121 Å². The summed E-state index contributed by atoms with van der Waals surface area (Å²) >= 11 is 0. The van der Waals surface area contributed by atoms with Crippen molar-refractivity contribution < 1.29 is 22.5 Å². The predicted octanol–water partition coefficient (Wildman–Crippen LogP) is 1.58. The number of nitrogens with zero attached hydrogens (tertiary/aromatic N) is 1. The molecule has 1 aliphatic rings. The molecule has 1 fully saturated rings. The van der Waals surface area contributed by atoms with Gasteiger partial charge in [0.2, 0.25) is 15.8 Å². The van der Waals surface area contributed by atoms with Gasteiger partial charge in [-0.25, -0.2) is 13.1 Å². The van der Waals surface area contributed by atoms with Crippen molar-refractivity contribution in [3.63, 3.8) is 0 Å². The lowest BCUT2D eigenvalue weighted by atomic mass is 10.2. The second kappa shape index (κ2) is 6.04. The second-order valence-electron chi connectivity index (χ2n) is 4.78. The van der Waals surface area contributed by atoms with Gasteiger partial charge in [0.05, 0.1) is 11.0 Å². The fourth-order valence-electron chi connectivity index (χ4n) is 2.50. The Hall–Kier alpha value is -1.58. The first-order chi connectivity index (χ1) is 9.86. The molecule has 2 atom stereocenters. The first-order valence-electron chi connectivity index (χ1n) is 6.35. The average Bonchev–Trinajstić information content (AvgIpc) is 2.84. The molecule has 7 nitrogen and oxygen atoms in total. The van der Waals surface area contributed by atoms with Gasteiger partial charge >= 0.3 is 5.69 Å². The molecule has 0 aliphatic heterocycles. The van der Waals surface area contributed by atoms with E-state index in [-0.39, 0.29) is 6.10 Å². The van der Waals surface area contributed by atoms with Crippen molar-refractivity contribution in [2.24, 2.45) is 0 Å². The van der Waals surface area contributed by atoms with E-state index >= 15 is 0 Å². The summed E-state index contributed by atoms with van der Waals surface area (Å²) < 4.78 is 45.7. The highest BCUT2D eigenvalue weighted by atomic mass is 32.2. The van der Waals surface area contributed by atoms with E-state index in [0.717, 1.165) is 24.6 Å². The van der Waals surface area contributed by atoms with Crippen LogP contribution in [0.2, 0.25) is 0 Å². The van der Waals surface area contributed by atoms with Crippen LogP contribution in [0.1, 0.15) is 19.3 Å². The molecular formula is C12H15FN2O5S. The summed E-state index contributed by atoms with van der Waals surface area (Å²) in [6.45, 7) is 0. The summed E-state index contributed by atoms with van der Waals surface area (Å²) in [5, 5.41) is 10.9. The molecule has 9 heteroatoms. The van der Waals surface area contributed by atoms with Crippen molar-refractivity contribution >= 4 is 15.7 Å². The molecule has 1 aromatic rings. The van der Waals surface area contributed by atoms with E-state index in [1.807, 2.05) is 0 Å². The highest BCUT2D eigenvalue weighted by Gasteiger charge is 2.35. The number of halogens is 1. The van der Waals surface area contributed by atoms with Crippen LogP contribution in [0.25, 0.3) is 0 Å². The number of nitro groups is 1. The third-order valence-electron chi connectivity index (χ3n) is 3.48. The van der Waals surface area contributed by atoms with Gasteiger partial charge in [-0.15, -0.1) is 0 Å². The largest absolute Gasteiger partial charge is 0.380 e. The lowest BCUT2D eigenvalue weighted by Crippen LogP contribution is -2.40. The molecule has 0 bridgehead atoms. The lowest BCUT2D eigenvalue weighted by Gasteiger charge is -2.19. The number of hydrogen-bond donors (Lipinski definition) is 1. The van der Waals surface area contributed by atoms with Crippen LogP contribution >= 0.6 is 0 Å². The van der Waals surface area contributed by atoms with Crippen molar-refractivity contribution in [2.75, 3.05) is 7.11 Å². The molecular weight excluding hydrogens is 303 g/mol. The van der Waals surface area contributed by atoms with Crippen LogP contribution in [0.3, 0.4) is 0 Å². The zero-order valence-electron chi connectivity index (χ0n) is 11.3. The van der Waals surface area contributed by atoms with Gasteiger partial charge in [0.1, 0.15) is 0 Å². The summed E-state index contributed by atoms with van der Waals surface area (Å²) in [4.78, 5) is 9.19. The highest BCUT2D eigenvalue weighted by molar-refractivity contribution is 7.89. The molecule has 1 aromatic carbocycles. The smallest absolute Gasteiger partial charge is 0.324 e. The lowest BCUT2D eigenvalue weighted by molar-refractivity contribution is -0.390. The molecule has 21 heavy (non-hydrogen) atoms. The minimum atomic E-state index is -4.20. The zero-order chi connectivity index (χ0) is 15.6. The van der Waals surface area contributed by atoms with Crippen LogP contribution in [0, 0.1) is 15.9 Å². The molecule has 0 spiro atoms. The standard InChI is InChI=1S/C12H15FN2O5S/c1-20-10-6-3-5-9(10)14-21(18,19)11-7-2-4-8(13)12(11)15(16)17/h2,4,7,9-10,14H,3,5-6H2,1H3. The number of rotatable bonds is 5. The minimum Gasteiger partial charge on any atom is -0.380 e. The molecule has 0 heterocycles. The van der Waals surface area contributed by atoms with Crippen LogP contribution in [0.5, 0.6) is 0 Å². The number of hydrogen-bond acceptors (Lipinski definition) is 5. The van der Waals surface area contributed by atoms with E-state index in [9.17, 15) is 22.9 Å². The van der Waals surface area contributed by atoms with Gasteiger partial charge in [0, 0.05) is 13.2 Å². The van der Waals surface area contributed by atoms with Gasteiger partial charge < -0.3 is 4.74 Å². The number of sulfonamides is 1. The second-order valence-corrected chi connectivity index (χ2v) is 6.46. The quantitative estimate of drug-likeness (QED) is 0.656. The number of para-hydroxylation sites is 1. The van der Waals surface area contributed by atoms with Gasteiger partial charge in [-0.05, 0) is 31.4 Å². The Morgan fingerprint density at radius 1 is 1.43 bits per heavy atom. The van der Waals surface area contributed by atoms with Crippen molar-refractivity contribution in [1.82, 2.24) is 4.72 Å². The Morgan fingerprint density at radius 3 is 2.76 bits per heavy atom. The summed E-state index contributed by atoms with van der Waals surface area (Å²) in [5.41, 5.74) is -1.04. The summed E-state index contributed by atoms with van der Waals surface area (Å²) in [5.74, 6) is -1.18. The maximum atomic E-state index is 13.5. The van der Waals surface area contributed by atoms with E-state index in [2.05, 4.69) is 4.72 Å². The van der Waals surface area contributed by atoms with Gasteiger partial charge in [0.15, 0.2) is 4.90 Å². The molecule has 0 saturated heterocycles. The number of methoxy groups -OCH3 is 1. The van der Waals surface area contributed by atoms with Crippen LogP contribution < -0.4 is 4.72 Å². The summed E-state index contributed by atoms with van der Waals surface area (Å²) in [6.07, 6.45) is 1.78. The van der Waals surface area contributed by atoms with Gasteiger partial charge in [-0.1, -0.05) is 6.07 Å². The summed E-state index contributed by atoms with van der Waals surface area (Å²) in [6, 6.07) is 2.52. The van der Waals surface area contributed by atoms with E-state index in [1.54, 1.807) is 0 Å². The van der Waals surface area contributed by atoms with Gasteiger partial charge in [-0.3, -0.25) is 10.1 Å². The predicted molar refractivity (Wildman–Crippen MR) is 71.8 cm³/mol. The Balaban J connectivity index is 2.36. The highest BCUT2D eigenvalue weighted by Crippen LogP contribution is 2.29. The average molecular weight is 318 g/mol. The number of nitro benzene ring substituents is 1. The molecule has 2 unspecified atom stereocenters. The normalized spacial score (nSPS) is 22.4. The number of nitrogens with one attached hydrogen (secondary N) is 1. The van der Waals surface area contributed by atoms with Crippen LogP contribution in [0.15, 0.2) is 23.1 Å². The van der Waals surface area contributed by atoms with Crippen LogP contribution in [-0.4, -0.2) is 32.6 Å². The topological polar surface area (TPSA) is 98.5 Å². The molecule has 2 rings (SSSR count). The number of ether oxygens (including phenoxy) is 1. The Kier molecular flexibility index (Phi) is 4.55. The molecule has 116 valence electrons. The van der Waals surface area contributed by atoms with Gasteiger partial charge in [0.25, 0.3) is 0 Å². The fraction of sp³-hybridized carbons (Fsp3) is 0.500. The first-order valence-corrected chi connectivity index (χ1v) is 7.83. The molecule has 1 saturated carbocycles. The molecule has 0 radical (unpaired) electrons. The third-order valence-corrected chi connectivity index (χ3v) is 5.01. The third kappa shape index (κ3) is 3.20. The monoisotopic (exact) mass is 318 g/mol. The van der Waals surface area contributed by atoms with E-state index in [0.29, 0.717) is 12.8 Å². The van der Waals surface area contributed by atoms with E-state index < -0.39 is 37.4 Å². The minimum absolute atomic E-state index is 0.285. The van der Waals surface area contributed by atoms with E-state index in [4.69, 9.17) is 4.74 Å². The van der Waals surface area contributed by atoms with Crippen molar-refractivity contribution in [1.29, 1.82) is 0 Å². The van der Waals surface area contributed by atoms with Crippen LogP contribution in [-0.2, 0) is 14.8 Å². The Morgan fingerprint density at radius 2 is 2.14 bits per heavy atom. The molecule has 0 amide bonds. The van der Waals surface area contributed by atoms with Crippen molar-refractivity contribution in [3.8, 4) is 0 Å². The van der Waals surface area contributed by atoms with E-state index in [1.165, 1.54) is 7.11 Å². The zero-order valence-corrected chi connectivity index (χ0v) is 12.1. The fourth-order valence-corrected chi connectivity index (χ4v) is 3.97. The van der Waals surface area contributed by atoms with Crippen molar-refractivity contribution in [3.05, 3.63) is 34.1 Å². The number of benzene rings is 1. The summed E-state index contributed by atoms with van der Waals surface area (Å²) in [7, 11) is -2.72. The molecule has 1 aliphatic carbocycles. The maximum absolute atomic E-state index is 13.5. The molecule has 0 aromatic heterocycles. The SMILES string of the molecule is COC1CCCC1NS(=O)(=O)c1cccc(F)c1[N+](=O)[O-]. The molecule has 1 N–H and O–H groups in total. The van der Waals surface area contributed by atoms with Crippen LogP contribution in [0.4, 0.5) is 10.1 Å². The van der Waals surface area contributed by atoms with Gasteiger partial charge in [-0.2, -0.15) is 4.39 Å². The first kappa shape index (κ1) is 15.8. The van der Waals surface area contributed by atoms with Crippen molar-refractivity contribution in [2.45, 2.75) is 36.3 Å². The Bertz CT molecular complexity index is 649.